The van der Waals surface area contributed by atoms with Crippen LogP contribution in [0.3, 0.4) is 0 Å². The number of pyridine rings is 1. The van der Waals surface area contributed by atoms with Gasteiger partial charge in [0.25, 0.3) is 0 Å². The van der Waals surface area contributed by atoms with Crippen molar-refractivity contribution in [3.05, 3.63) is 29.4 Å². The third kappa shape index (κ3) is 4.34. The van der Waals surface area contributed by atoms with Gasteiger partial charge in [-0.25, -0.2) is 4.98 Å². The number of nitrogens with one attached hydrogen (secondary N) is 1. The maximum atomic E-state index is 5.56. The Bertz CT molecular complexity index is 339. The van der Waals surface area contributed by atoms with Crippen LogP contribution in [-0.2, 0) is 0 Å². The van der Waals surface area contributed by atoms with Crippen molar-refractivity contribution in [1.29, 1.82) is 0 Å². The van der Waals surface area contributed by atoms with Gasteiger partial charge in [0.1, 0.15) is 0 Å². The summed E-state index contributed by atoms with van der Waals surface area (Å²) in [5, 5.41) is 3.18. The second kappa shape index (κ2) is 5.75. The Morgan fingerprint density at radius 3 is 3.00 bits per heavy atom. The molecular formula is C11H15BrN2O. The highest BCUT2D eigenvalue weighted by atomic mass is 79.9. The highest BCUT2D eigenvalue weighted by Gasteiger charge is 2.05. The number of hydrogen-bond acceptors (Lipinski definition) is 3. The molecule has 0 aliphatic rings. The number of aromatic nitrogens is 1. The van der Waals surface area contributed by atoms with E-state index in [1.165, 1.54) is 0 Å². The number of hydrogen-bond donors (Lipinski definition) is 1. The molecule has 0 bridgehead atoms. The zero-order chi connectivity index (χ0) is 11.3. The third-order valence-electron chi connectivity index (χ3n) is 1.59. The van der Waals surface area contributed by atoms with Gasteiger partial charge in [-0.05, 0) is 26.0 Å². The summed E-state index contributed by atoms with van der Waals surface area (Å²) in [5.74, 6) is 0.626. The number of nitrogens with zero attached hydrogens (tertiary/aromatic N) is 1. The van der Waals surface area contributed by atoms with E-state index in [4.69, 9.17) is 4.74 Å². The molecule has 82 valence electrons. The molecule has 1 aromatic rings. The topological polar surface area (TPSA) is 34.2 Å². The van der Waals surface area contributed by atoms with Crippen LogP contribution in [0.1, 0.15) is 13.8 Å². The van der Waals surface area contributed by atoms with Crippen LogP contribution in [-0.4, -0.2) is 17.6 Å². The van der Waals surface area contributed by atoms with E-state index < -0.39 is 0 Å². The van der Waals surface area contributed by atoms with Crippen molar-refractivity contribution in [1.82, 2.24) is 4.98 Å². The fourth-order valence-electron chi connectivity index (χ4n) is 1.03. The molecule has 0 atom stereocenters. The fourth-order valence-corrected chi connectivity index (χ4v) is 1.17. The second-order valence-corrected chi connectivity index (χ2v) is 4.52. The van der Waals surface area contributed by atoms with E-state index in [2.05, 4.69) is 32.8 Å². The summed E-state index contributed by atoms with van der Waals surface area (Å²) < 4.78 is 6.45. The summed E-state index contributed by atoms with van der Waals surface area (Å²) in [6, 6.07) is 3.80. The highest BCUT2D eigenvalue weighted by molar-refractivity contribution is 9.11. The van der Waals surface area contributed by atoms with E-state index in [0.717, 1.165) is 10.2 Å². The molecule has 0 radical (unpaired) electrons. The van der Waals surface area contributed by atoms with Gasteiger partial charge < -0.3 is 10.1 Å². The summed E-state index contributed by atoms with van der Waals surface area (Å²) >= 11 is 3.29. The molecule has 0 aromatic carbocycles. The SMILES string of the molecule is C=C(Br)CNc1cccnc1OC(C)C. The first kappa shape index (κ1) is 12.0. The summed E-state index contributed by atoms with van der Waals surface area (Å²) in [5.41, 5.74) is 0.881. The van der Waals surface area contributed by atoms with Crippen molar-refractivity contribution in [3.8, 4) is 5.88 Å². The van der Waals surface area contributed by atoms with E-state index in [9.17, 15) is 0 Å². The zero-order valence-corrected chi connectivity index (χ0v) is 10.5. The van der Waals surface area contributed by atoms with E-state index >= 15 is 0 Å². The lowest BCUT2D eigenvalue weighted by Gasteiger charge is -2.13. The van der Waals surface area contributed by atoms with Gasteiger partial charge in [0.15, 0.2) is 0 Å². The maximum Gasteiger partial charge on any atom is 0.237 e. The molecule has 0 fully saturated rings. The van der Waals surface area contributed by atoms with Crippen molar-refractivity contribution < 1.29 is 4.74 Å². The van der Waals surface area contributed by atoms with Gasteiger partial charge in [-0.2, -0.15) is 0 Å². The molecular weight excluding hydrogens is 256 g/mol. The van der Waals surface area contributed by atoms with E-state index in [-0.39, 0.29) is 6.10 Å². The van der Waals surface area contributed by atoms with Crippen LogP contribution in [0.4, 0.5) is 5.69 Å². The van der Waals surface area contributed by atoms with E-state index in [1.54, 1.807) is 6.20 Å². The number of ether oxygens (including phenoxy) is 1. The van der Waals surface area contributed by atoms with Gasteiger partial charge in [0.2, 0.25) is 5.88 Å². The first-order chi connectivity index (χ1) is 7.09. The molecule has 0 amide bonds. The van der Waals surface area contributed by atoms with Crippen LogP contribution >= 0.6 is 15.9 Å². The minimum Gasteiger partial charge on any atom is -0.473 e. The number of anilines is 1. The largest absolute Gasteiger partial charge is 0.473 e. The molecule has 0 unspecified atom stereocenters. The molecule has 0 saturated carbocycles. The minimum atomic E-state index is 0.118. The average molecular weight is 271 g/mol. The van der Waals surface area contributed by atoms with Crippen LogP contribution in [0.15, 0.2) is 29.4 Å². The van der Waals surface area contributed by atoms with Gasteiger partial charge in [0, 0.05) is 17.2 Å². The Balaban J connectivity index is 2.72. The van der Waals surface area contributed by atoms with Crippen molar-refractivity contribution in [2.75, 3.05) is 11.9 Å². The summed E-state index contributed by atoms with van der Waals surface area (Å²) in [6.07, 6.45) is 1.83. The van der Waals surface area contributed by atoms with Gasteiger partial charge in [0.05, 0.1) is 11.8 Å². The molecule has 1 N–H and O–H groups in total. The van der Waals surface area contributed by atoms with Gasteiger partial charge in [-0.1, -0.05) is 22.5 Å². The predicted octanol–water partition coefficient (Wildman–Crippen LogP) is 3.19. The highest BCUT2D eigenvalue weighted by Crippen LogP contribution is 2.22. The van der Waals surface area contributed by atoms with Crippen molar-refractivity contribution in [2.24, 2.45) is 0 Å². The van der Waals surface area contributed by atoms with Crippen molar-refractivity contribution >= 4 is 21.6 Å². The molecule has 0 spiro atoms. The lowest BCUT2D eigenvalue weighted by molar-refractivity contribution is 0.234. The second-order valence-electron chi connectivity index (χ2n) is 3.39. The minimum absolute atomic E-state index is 0.118. The quantitative estimate of drug-likeness (QED) is 0.893. The number of rotatable bonds is 5. The standard InChI is InChI=1S/C11H15BrN2O/c1-8(2)15-11-10(5-4-6-13-11)14-7-9(3)12/h4-6,8,14H,3,7H2,1-2H3. The summed E-state index contributed by atoms with van der Waals surface area (Å²) in [7, 11) is 0. The third-order valence-corrected chi connectivity index (χ3v) is 1.87. The van der Waals surface area contributed by atoms with Crippen LogP contribution in [0, 0.1) is 0 Å². The van der Waals surface area contributed by atoms with Crippen LogP contribution in [0.2, 0.25) is 0 Å². The smallest absolute Gasteiger partial charge is 0.237 e. The monoisotopic (exact) mass is 270 g/mol. The fraction of sp³-hybridized carbons (Fsp3) is 0.364. The first-order valence-corrected chi connectivity index (χ1v) is 5.57. The predicted molar refractivity (Wildman–Crippen MR) is 66.6 cm³/mol. The summed E-state index contributed by atoms with van der Waals surface area (Å²) in [6.45, 7) is 8.35. The molecule has 0 aliphatic heterocycles. The normalized spacial score (nSPS) is 10.1. The summed E-state index contributed by atoms with van der Waals surface area (Å²) in [4.78, 5) is 4.17. The lowest BCUT2D eigenvalue weighted by atomic mass is 10.4. The van der Waals surface area contributed by atoms with Crippen LogP contribution < -0.4 is 10.1 Å². The first-order valence-electron chi connectivity index (χ1n) is 4.78. The Morgan fingerprint density at radius 2 is 2.40 bits per heavy atom. The maximum absolute atomic E-state index is 5.56. The molecule has 0 saturated heterocycles. The average Bonchev–Trinajstić information content (AvgIpc) is 2.15. The molecule has 15 heavy (non-hydrogen) atoms. The molecule has 1 rings (SSSR count). The molecule has 3 nitrogen and oxygen atoms in total. The molecule has 1 heterocycles. The Morgan fingerprint density at radius 1 is 1.67 bits per heavy atom. The molecule has 0 aliphatic carbocycles. The van der Waals surface area contributed by atoms with Crippen molar-refractivity contribution in [2.45, 2.75) is 20.0 Å². The van der Waals surface area contributed by atoms with Crippen LogP contribution in [0.25, 0.3) is 0 Å². The molecule has 4 heteroatoms. The Hall–Kier alpha value is -1.03. The van der Waals surface area contributed by atoms with E-state index in [0.29, 0.717) is 12.4 Å². The van der Waals surface area contributed by atoms with Crippen molar-refractivity contribution in [3.63, 3.8) is 0 Å². The lowest BCUT2D eigenvalue weighted by Crippen LogP contribution is -2.10. The Kier molecular flexibility index (Phi) is 4.62. The van der Waals surface area contributed by atoms with Crippen LogP contribution in [0.5, 0.6) is 5.88 Å². The Labute approximate surface area is 98.7 Å². The van der Waals surface area contributed by atoms with E-state index in [1.807, 2.05) is 26.0 Å². The number of halogens is 1. The van der Waals surface area contributed by atoms with Gasteiger partial charge >= 0.3 is 0 Å². The van der Waals surface area contributed by atoms with Gasteiger partial charge in [-0.3, -0.25) is 0 Å². The zero-order valence-electron chi connectivity index (χ0n) is 8.96. The molecule has 1 aromatic heterocycles. The van der Waals surface area contributed by atoms with Gasteiger partial charge in [-0.15, -0.1) is 0 Å².